The van der Waals surface area contributed by atoms with Crippen LogP contribution in [0.4, 0.5) is 22.0 Å². The van der Waals surface area contributed by atoms with Crippen LogP contribution in [0.1, 0.15) is 62.3 Å². The quantitative estimate of drug-likeness (QED) is 0.0620. The monoisotopic (exact) mass is 726 g/mol. The lowest BCUT2D eigenvalue weighted by Gasteiger charge is -2.22. The van der Waals surface area contributed by atoms with E-state index in [9.17, 15) is 34.9 Å². The molecule has 4 aromatic rings. The summed E-state index contributed by atoms with van der Waals surface area (Å²) in [6, 6.07) is 25.3. The molecule has 0 spiro atoms. The first-order chi connectivity index (χ1) is 22.4. The van der Waals surface area contributed by atoms with Crippen LogP contribution < -0.4 is 14.2 Å². The largest absolute Gasteiger partial charge is 0.744 e. The summed E-state index contributed by atoms with van der Waals surface area (Å²) in [7, 11) is -6.14. The van der Waals surface area contributed by atoms with Crippen molar-refractivity contribution in [2.75, 3.05) is 0 Å². The fourth-order valence-corrected chi connectivity index (χ4v) is 7.05. The molecule has 0 amide bonds. The van der Waals surface area contributed by atoms with Crippen LogP contribution in [-0.2, 0) is 21.0 Å². The number of hydrogen-bond donors (Lipinski definition) is 0. The SMILES string of the molecule is CC(C)(C)Oc1cccc([S+](c2cccc(OC(C)(C)C)c2)c2cccc(OC(C)(C)C)c2)c1.O=S(=O)([O-])c1c(F)c(F)c(F)c(F)c1F. The van der Waals surface area contributed by atoms with Gasteiger partial charge in [0.1, 0.15) is 49.1 Å². The van der Waals surface area contributed by atoms with Gasteiger partial charge in [-0.15, -0.1) is 0 Å². The standard InChI is InChI=1S/C30H39O3S.C6HF5O3S/c1-28(2,3)31-22-13-10-16-25(19-22)34(26-17-11-14-23(20-26)32-29(4,5)6)27-18-12-15-24(21-27)33-30(7,8)9;7-1-2(8)4(10)6(15(12,13)14)5(11)3(1)9/h10-21H,1-9H3;(H,12,13,14)/q+1;/p-1. The molecule has 0 saturated carbocycles. The Hall–Kier alpha value is -3.81. The maximum atomic E-state index is 12.6. The van der Waals surface area contributed by atoms with Crippen molar-refractivity contribution in [1.82, 2.24) is 0 Å². The van der Waals surface area contributed by atoms with Crippen LogP contribution in [0.5, 0.6) is 17.2 Å². The van der Waals surface area contributed by atoms with Crippen molar-refractivity contribution in [2.45, 2.75) is 98.7 Å². The Balaban J connectivity index is 0.000000362. The minimum absolute atomic E-state index is 0.266. The predicted octanol–water partition coefficient (Wildman–Crippen LogP) is 9.60. The summed E-state index contributed by atoms with van der Waals surface area (Å²) < 4.78 is 111. The van der Waals surface area contributed by atoms with E-state index in [1.807, 2.05) is 18.2 Å². The Morgan fingerprint density at radius 2 is 0.776 bits per heavy atom. The van der Waals surface area contributed by atoms with Gasteiger partial charge in [-0.1, -0.05) is 18.2 Å². The zero-order valence-electron chi connectivity index (χ0n) is 28.6. The van der Waals surface area contributed by atoms with Crippen LogP contribution >= 0.6 is 0 Å². The third kappa shape index (κ3) is 11.4. The minimum atomic E-state index is -5.77. The summed E-state index contributed by atoms with van der Waals surface area (Å²) in [5.41, 5.74) is -0.797. The van der Waals surface area contributed by atoms with Crippen molar-refractivity contribution >= 4 is 21.0 Å². The molecule has 49 heavy (non-hydrogen) atoms. The van der Waals surface area contributed by atoms with Gasteiger partial charge >= 0.3 is 0 Å². The lowest BCUT2D eigenvalue weighted by molar-refractivity contribution is 0.130. The summed E-state index contributed by atoms with van der Waals surface area (Å²) in [6.07, 6.45) is 0. The maximum absolute atomic E-state index is 12.6. The number of halogens is 5. The highest BCUT2D eigenvalue weighted by Crippen LogP contribution is 2.37. The van der Waals surface area contributed by atoms with Crippen LogP contribution in [0.15, 0.2) is 92.4 Å². The fraction of sp³-hybridized carbons (Fsp3) is 0.333. The molecule has 266 valence electrons. The lowest BCUT2D eigenvalue weighted by Crippen LogP contribution is -2.23. The Labute approximate surface area is 287 Å². The van der Waals surface area contributed by atoms with Crippen LogP contribution in [-0.4, -0.2) is 29.8 Å². The Kier molecular flexibility index (Phi) is 12.1. The normalized spacial score (nSPS) is 12.3. The van der Waals surface area contributed by atoms with Gasteiger partial charge in [-0.05, 0) is 98.7 Å². The molecule has 0 N–H and O–H groups in total. The average molecular weight is 727 g/mol. The smallest absolute Gasteiger partial charge is 0.200 e. The van der Waals surface area contributed by atoms with Gasteiger partial charge in [-0.25, -0.2) is 30.4 Å². The van der Waals surface area contributed by atoms with Crippen molar-refractivity contribution < 1.29 is 49.1 Å². The topological polar surface area (TPSA) is 84.9 Å². The maximum Gasteiger partial charge on any atom is 0.200 e. The van der Waals surface area contributed by atoms with Gasteiger partial charge in [0.15, 0.2) is 38.0 Å². The number of benzene rings is 4. The fourth-order valence-electron chi connectivity index (χ4n) is 4.27. The van der Waals surface area contributed by atoms with Crippen molar-refractivity contribution in [3.63, 3.8) is 0 Å². The zero-order valence-corrected chi connectivity index (χ0v) is 30.2. The van der Waals surface area contributed by atoms with E-state index in [1.54, 1.807) is 0 Å². The first kappa shape index (κ1) is 39.6. The molecule has 0 aromatic heterocycles. The van der Waals surface area contributed by atoms with Gasteiger partial charge in [0.05, 0.1) is 10.9 Å². The summed E-state index contributed by atoms with van der Waals surface area (Å²) in [5.74, 6) is -10.2. The molecule has 4 rings (SSSR count). The van der Waals surface area contributed by atoms with E-state index in [4.69, 9.17) is 14.2 Å². The van der Waals surface area contributed by atoms with Crippen molar-refractivity contribution in [3.8, 4) is 17.2 Å². The molecule has 0 heterocycles. The van der Waals surface area contributed by atoms with E-state index in [1.165, 1.54) is 14.7 Å². The highest BCUT2D eigenvalue weighted by Gasteiger charge is 2.32. The van der Waals surface area contributed by atoms with E-state index >= 15 is 0 Å². The molecule has 4 aromatic carbocycles. The molecule has 0 bridgehead atoms. The summed E-state index contributed by atoms with van der Waals surface area (Å²) in [4.78, 5) is 1.17. The zero-order chi connectivity index (χ0) is 37.1. The van der Waals surface area contributed by atoms with Gasteiger partial charge in [-0.2, -0.15) is 0 Å². The van der Waals surface area contributed by atoms with Crippen LogP contribution in [0, 0.1) is 29.1 Å². The summed E-state index contributed by atoms with van der Waals surface area (Å²) in [5, 5.41) is 0. The third-order valence-electron chi connectivity index (χ3n) is 5.82. The number of hydrogen-bond acceptors (Lipinski definition) is 6. The Morgan fingerprint density at radius 1 is 0.510 bits per heavy atom. The molecule has 0 fully saturated rings. The van der Waals surface area contributed by atoms with Crippen LogP contribution in [0.2, 0.25) is 0 Å². The van der Waals surface area contributed by atoms with E-state index < -0.39 is 44.1 Å². The summed E-state index contributed by atoms with van der Waals surface area (Å²) in [6.45, 7) is 18.6. The number of ether oxygens (including phenoxy) is 3. The van der Waals surface area contributed by atoms with Crippen molar-refractivity contribution in [3.05, 3.63) is 102 Å². The number of rotatable bonds is 7. The van der Waals surface area contributed by atoms with Crippen LogP contribution in [0.3, 0.4) is 0 Å². The van der Waals surface area contributed by atoms with Crippen LogP contribution in [0.25, 0.3) is 0 Å². The highest BCUT2D eigenvalue weighted by molar-refractivity contribution is 7.97. The van der Waals surface area contributed by atoms with Crippen molar-refractivity contribution in [1.29, 1.82) is 0 Å². The second-order valence-electron chi connectivity index (χ2n) is 13.7. The third-order valence-corrected chi connectivity index (χ3v) is 8.85. The van der Waals surface area contributed by atoms with E-state index in [0.29, 0.717) is 0 Å². The molecule has 0 radical (unpaired) electrons. The lowest BCUT2D eigenvalue weighted by atomic mass is 10.2. The first-order valence-electron chi connectivity index (χ1n) is 15.0. The second-order valence-corrected chi connectivity index (χ2v) is 17.1. The second kappa shape index (κ2) is 15.0. The molecular formula is C36H39F5O6S2. The molecule has 0 unspecified atom stereocenters. The van der Waals surface area contributed by atoms with Gasteiger partial charge in [-0.3, -0.25) is 0 Å². The molecular weight excluding hydrogens is 688 g/mol. The summed E-state index contributed by atoms with van der Waals surface area (Å²) >= 11 is 0. The van der Waals surface area contributed by atoms with Gasteiger partial charge < -0.3 is 18.8 Å². The Morgan fingerprint density at radius 3 is 1.02 bits per heavy atom. The Bertz CT molecular complexity index is 1730. The van der Waals surface area contributed by atoms with E-state index in [2.05, 4.69) is 117 Å². The van der Waals surface area contributed by atoms with Gasteiger partial charge in [0, 0.05) is 18.2 Å². The molecule has 0 saturated heterocycles. The van der Waals surface area contributed by atoms with Crippen molar-refractivity contribution in [2.24, 2.45) is 0 Å². The van der Waals surface area contributed by atoms with E-state index in [0.717, 1.165) is 17.2 Å². The van der Waals surface area contributed by atoms with E-state index in [-0.39, 0.29) is 27.7 Å². The highest BCUT2D eigenvalue weighted by atomic mass is 32.2. The molecule has 13 heteroatoms. The molecule has 0 aliphatic carbocycles. The predicted molar refractivity (Wildman–Crippen MR) is 177 cm³/mol. The van der Waals surface area contributed by atoms with Gasteiger partial charge in [0.25, 0.3) is 0 Å². The minimum Gasteiger partial charge on any atom is -0.744 e. The molecule has 6 nitrogen and oxygen atoms in total. The first-order valence-corrected chi connectivity index (χ1v) is 17.6. The average Bonchev–Trinajstić information content (AvgIpc) is 2.93. The molecule has 0 atom stereocenters. The van der Waals surface area contributed by atoms with Gasteiger partial charge in [0.2, 0.25) is 5.82 Å². The molecule has 0 aliphatic heterocycles. The molecule has 0 aliphatic rings.